The second kappa shape index (κ2) is 7.82. The highest BCUT2D eigenvalue weighted by Gasteiger charge is 2.21. The van der Waals surface area contributed by atoms with Gasteiger partial charge in [0.25, 0.3) is 5.91 Å². The van der Waals surface area contributed by atoms with Gasteiger partial charge in [-0.1, -0.05) is 0 Å². The molecule has 7 nitrogen and oxygen atoms in total. The van der Waals surface area contributed by atoms with E-state index in [1.54, 1.807) is 18.4 Å². The number of carboxylic acid groups (broad SMARTS) is 1. The number of carbonyl (C=O) groups is 2. The molecule has 2 aromatic rings. The first kappa shape index (κ1) is 18.3. The van der Waals surface area contributed by atoms with E-state index < -0.39 is 17.9 Å². The zero-order valence-electron chi connectivity index (χ0n) is 14.2. The molecule has 1 atom stereocenters. The Kier molecular flexibility index (Phi) is 5.51. The molecule has 1 unspecified atom stereocenters. The first-order chi connectivity index (χ1) is 12.5. The average molecular weight is 377 g/mol. The topological polar surface area (TPSA) is 106 Å². The summed E-state index contributed by atoms with van der Waals surface area (Å²) in [6, 6.07) is 4.16. The van der Waals surface area contributed by atoms with Crippen LogP contribution in [0.15, 0.2) is 27.4 Å². The number of aliphatic carboxylic acids is 1. The lowest BCUT2D eigenvalue weighted by Crippen LogP contribution is -2.44. The van der Waals surface area contributed by atoms with Crippen LogP contribution in [0, 0.1) is 0 Å². The van der Waals surface area contributed by atoms with Crippen molar-refractivity contribution >= 4 is 34.6 Å². The largest absolute Gasteiger partial charge is 0.484 e. The second-order valence-corrected chi connectivity index (χ2v) is 6.97. The molecule has 0 radical (unpaired) electrons. The smallest absolute Gasteiger partial charge is 0.339 e. The number of hydrogen-bond donors (Lipinski definition) is 2. The van der Waals surface area contributed by atoms with Crippen LogP contribution in [-0.2, 0) is 22.4 Å². The number of ether oxygens (including phenoxy) is 1. The molecule has 0 bridgehead atoms. The summed E-state index contributed by atoms with van der Waals surface area (Å²) in [4.78, 5) is 35.0. The first-order valence-corrected chi connectivity index (χ1v) is 9.61. The molecule has 8 heteroatoms. The Balaban J connectivity index is 1.70. The summed E-state index contributed by atoms with van der Waals surface area (Å²) in [6.07, 6.45) is 4.30. The van der Waals surface area contributed by atoms with Crippen molar-refractivity contribution in [1.29, 1.82) is 0 Å². The summed E-state index contributed by atoms with van der Waals surface area (Å²) in [5, 5.41) is 12.3. The monoisotopic (exact) mass is 377 g/mol. The van der Waals surface area contributed by atoms with Gasteiger partial charge in [0, 0.05) is 22.8 Å². The Morgan fingerprint density at radius 3 is 2.85 bits per heavy atom. The molecule has 2 N–H and O–H groups in total. The third-order valence-electron chi connectivity index (χ3n) is 4.28. The van der Waals surface area contributed by atoms with Gasteiger partial charge in [-0.3, -0.25) is 4.79 Å². The summed E-state index contributed by atoms with van der Waals surface area (Å²) in [5.74, 6) is -0.964. The minimum Gasteiger partial charge on any atom is -0.484 e. The first-order valence-electron chi connectivity index (χ1n) is 8.22. The minimum atomic E-state index is -1.09. The van der Waals surface area contributed by atoms with Crippen molar-refractivity contribution in [2.24, 2.45) is 0 Å². The van der Waals surface area contributed by atoms with Crippen LogP contribution in [0.2, 0.25) is 0 Å². The van der Waals surface area contributed by atoms with Crippen LogP contribution in [0.25, 0.3) is 11.0 Å². The fraction of sp³-hybridized carbons (Fsp3) is 0.389. The van der Waals surface area contributed by atoms with Crippen LogP contribution in [0.3, 0.4) is 0 Å². The lowest BCUT2D eigenvalue weighted by Gasteiger charge is -2.14. The van der Waals surface area contributed by atoms with E-state index in [0.717, 1.165) is 35.8 Å². The third kappa shape index (κ3) is 3.85. The summed E-state index contributed by atoms with van der Waals surface area (Å²) in [5.41, 5.74) is 1.89. The lowest BCUT2D eigenvalue weighted by molar-refractivity contribution is -0.141. The molecule has 1 aliphatic carbocycles. The Morgan fingerprint density at radius 2 is 2.12 bits per heavy atom. The molecule has 0 saturated heterocycles. The number of thioether (sulfide) groups is 1. The van der Waals surface area contributed by atoms with Crippen molar-refractivity contribution in [3.8, 4) is 5.75 Å². The number of nitrogens with one attached hydrogen (secondary N) is 1. The third-order valence-corrected chi connectivity index (χ3v) is 4.95. The Hall–Kier alpha value is -2.48. The number of fused-ring (bicyclic) bond motifs is 3. The molecule has 0 fully saturated rings. The number of amides is 1. The highest BCUT2D eigenvalue weighted by atomic mass is 32.2. The van der Waals surface area contributed by atoms with E-state index in [1.807, 2.05) is 6.07 Å². The van der Waals surface area contributed by atoms with E-state index in [-0.39, 0.29) is 18.0 Å². The van der Waals surface area contributed by atoms with Crippen molar-refractivity contribution in [3.63, 3.8) is 0 Å². The van der Waals surface area contributed by atoms with Crippen molar-refractivity contribution in [2.45, 2.75) is 25.3 Å². The molecule has 0 aliphatic heterocycles. The van der Waals surface area contributed by atoms with Crippen LogP contribution >= 0.6 is 11.8 Å². The van der Waals surface area contributed by atoms with Crippen LogP contribution < -0.4 is 15.7 Å². The van der Waals surface area contributed by atoms with Gasteiger partial charge in [0.15, 0.2) is 6.61 Å². The number of aryl methyl sites for hydroxylation is 1. The molecule has 3 rings (SSSR count). The minimum absolute atomic E-state index is 0.271. The summed E-state index contributed by atoms with van der Waals surface area (Å²) in [6.45, 7) is -0.321. The molecule has 1 aliphatic rings. The predicted molar refractivity (Wildman–Crippen MR) is 98.0 cm³/mol. The molecular formula is C18H19NO6S. The number of carboxylic acids is 1. The standard InChI is InChI=1S/C18H19NO6S/c1-26-9-14(17(21)22)19-16(20)8-24-10-5-6-12-11-3-2-4-13(11)18(23)25-15(12)7-10/h5-7,14H,2-4,8-9H2,1H3,(H,19,20)(H,21,22). The van der Waals surface area contributed by atoms with E-state index in [4.69, 9.17) is 14.3 Å². The van der Waals surface area contributed by atoms with Crippen molar-refractivity contribution < 1.29 is 23.8 Å². The Labute approximate surface area is 153 Å². The summed E-state index contributed by atoms with van der Waals surface area (Å²) in [7, 11) is 0. The summed E-state index contributed by atoms with van der Waals surface area (Å²) < 4.78 is 10.8. The quantitative estimate of drug-likeness (QED) is 0.706. The number of benzene rings is 1. The van der Waals surface area contributed by atoms with Crippen LogP contribution in [0.1, 0.15) is 17.5 Å². The van der Waals surface area contributed by atoms with Gasteiger partial charge in [-0.25, -0.2) is 9.59 Å². The lowest BCUT2D eigenvalue weighted by atomic mass is 10.1. The van der Waals surface area contributed by atoms with Crippen LogP contribution in [-0.4, -0.2) is 41.6 Å². The molecule has 1 aromatic carbocycles. The molecular weight excluding hydrogens is 358 g/mol. The van der Waals surface area contributed by atoms with Crippen molar-refractivity contribution in [1.82, 2.24) is 5.32 Å². The predicted octanol–water partition coefficient (Wildman–Crippen LogP) is 1.59. The van der Waals surface area contributed by atoms with E-state index in [2.05, 4.69) is 5.32 Å². The number of hydrogen-bond acceptors (Lipinski definition) is 6. The highest BCUT2D eigenvalue weighted by molar-refractivity contribution is 7.98. The fourth-order valence-electron chi connectivity index (χ4n) is 3.08. The van der Waals surface area contributed by atoms with Crippen molar-refractivity contribution in [2.75, 3.05) is 18.6 Å². The van der Waals surface area contributed by atoms with Crippen LogP contribution in [0.4, 0.5) is 0 Å². The molecule has 1 aromatic heterocycles. The number of carbonyl (C=O) groups excluding carboxylic acids is 1. The molecule has 1 heterocycles. The fourth-order valence-corrected chi connectivity index (χ4v) is 3.64. The van der Waals surface area contributed by atoms with E-state index in [1.165, 1.54) is 11.8 Å². The van der Waals surface area contributed by atoms with E-state index in [9.17, 15) is 14.4 Å². The van der Waals surface area contributed by atoms with Gasteiger partial charge in [0.05, 0.1) is 0 Å². The zero-order chi connectivity index (χ0) is 18.7. The molecule has 26 heavy (non-hydrogen) atoms. The number of rotatable bonds is 7. The molecule has 1 amide bonds. The highest BCUT2D eigenvalue weighted by Crippen LogP contribution is 2.29. The average Bonchev–Trinajstić information content (AvgIpc) is 3.10. The Bertz CT molecular complexity index is 906. The normalized spacial score (nSPS) is 14.0. The van der Waals surface area contributed by atoms with Crippen LogP contribution in [0.5, 0.6) is 5.75 Å². The second-order valence-electron chi connectivity index (χ2n) is 6.06. The maximum atomic E-state index is 12.0. The van der Waals surface area contributed by atoms with Gasteiger partial charge in [-0.2, -0.15) is 11.8 Å². The molecule has 0 saturated carbocycles. The van der Waals surface area contributed by atoms with Gasteiger partial charge in [0.2, 0.25) is 0 Å². The Morgan fingerprint density at radius 1 is 1.35 bits per heavy atom. The zero-order valence-corrected chi connectivity index (χ0v) is 15.1. The maximum Gasteiger partial charge on any atom is 0.339 e. The van der Waals surface area contributed by atoms with Gasteiger partial charge in [0.1, 0.15) is 17.4 Å². The van der Waals surface area contributed by atoms with Gasteiger partial charge in [-0.05, 0) is 43.2 Å². The van der Waals surface area contributed by atoms with Gasteiger partial charge < -0.3 is 19.6 Å². The van der Waals surface area contributed by atoms with Gasteiger partial charge in [-0.15, -0.1) is 0 Å². The van der Waals surface area contributed by atoms with E-state index >= 15 is 0 Å². The van der Waals surface area contributed by atoms with E-state index in [0.29, 0.717) is 11.3 Å². The molecule has 0 spiro atoms. The SMILES string of the molecule is CSCC(NC(=O)COc1ccc2c3c(c(=O)oc2c1)CCC3)C(=O)O. The van der Waals surface area contributed by atoms with Gasteiger partial charge >= 0.3 is 11.6 Å². The maximum absolute atomic E-state index is 12.0. The van der Waals surface area contributed by atoms with Crippen molar-refractivity contribution in [3.05, 3.63) is 39.7 Å². The summed E-state index contributed by atoms with van der Waals surface area (Å²) >= 11 is 1.33. The molecule has 138 valence electrons.